The van der Waals surface area contributed by atoms with Gasteiger partial charge in [0, 0.05) is 41.5 Å². The van der Waals surface area contributed by atoms with Gasteiger partial charge in [-0.3, -0.25) is 28.8 Å². The van der Waals surface area contributed by atoms with E-state index in [2.05, 4.69) is 31.9 Å². The number of hydrogen-bond donors (Lipinski definition) is 20. The highest BCUT2D eigenvalue weighted by Gasteiger charge is 2.59. The average molecular weight is 1240 g/mol. The van der Waals surface area contributed by atoms with Crippen LogP contribution >= 0.6 is 0 Å². The number of ether oxygens (including phenoxy) is 11. The topological polar surface area (TPSA) is 559 Å². The van der Waals surface area contributed by atoms with Gasteiger partial charge in [0.05, 0.1) is 39.6 Å². The SMILES string of the molecule is CC(=O)NC1C(O)OC(CO)C(OC2OC(CO)C(OC3OC(CO)C(OC4OC(CO)C(OC5OC(CO)C(OC6OC(CO)C(O)C(O)C6NC(C)=O)C(O)C5NC(C)=O)C(O)C4NC(C)=O)C(O)C3NC(C)=O)C(O)C2NC(C)=O)C1O. The molecule has 6 fully saturated rings. The van der Waals surface area contributed by atoms with Crippen LogP contribution in [0.15, 0.2) is 0 Å². The fourth-order valence-corrected chi connectivity index (χ4v) is 11.0. The van der Waals surface area contributed by atoms with Crippen LogP contribution in [0.4, 0.5) is 0 Å². The van der Waals surface area contributed by atoms with Crippen molar-refractivity contribution in [3.05, 3.63) is 0 Å². The van der Waals surface area contributed by atoms with Crippen molar-refractivity contribution in [2.75, 3.05) is 39.6 Å². The van der Waals surface area contributed by atoms with Gasteiger partial charge in [-0.25, -0.2) is 0 Å². The molecule has 0 aromatic rings. The molecule has 6 amide bonds. The van der Waals surface area contributed by atoms with Crippen LogP contribution in [0.3, 0.4) is 0 Å². The van der Waals surface area contributed by atoms with E-state index >= 15 is 0 Å². The molecule has 488 valence electrons. The first-order valence-electron chi connectivity index (χ1n) is 27.1. The van der Waals surface area contributed by atoms with Crippen molar-refractivity contribution in [1.82, 2.24) is 31.9 Å². The molecule has 6 saturated heterocycles. The normalized spacial score (nSPS) is 44.0. The standard InChI is InChI=1S/C48H80N6O31/c1-13(61)49-25-33(69)38(20(8-56)75-43(25)74)81-45-27(51-15(3)63)35(71)40(22(10-58)77-45)83-47-29(53-17(5)65)37(73)42(24(12-60)79-47)85-48-30(54-18(6)66)36(72)41(23(11-59)80-48)84-46-28(52-16(4)64)34(70)39(21(9-57)78-46)82-44-26(50-14(2)62)32(68)31(67)19(7-55)76-44/h19-48,55-60,67-74H,7-12H2,1-6H3,(H,49,61)(H,50,62)(H,51,63)(H,52,64)(H,53,65)(H,54,66). The first-order chi connectivity index (χ1) is 40.1. The summed E-state index contributed by atoms with van der Waals surface area (Å²) in [5.41, 5.74) is 0. The molecule has 20 N–H and O–H groups in total. The minimum atomic E-state index is -2.07. The second-order valence-electron chi connectivity index (χ2n) is 21.2. The average Bonchev–Trinajstić information content (AvgIpc) is 1.31. The van der Waals surface area contributed by atoms with Crippen LogP contribution in [0.5, 0.6) is 0 Å². The molecule has 6 aliphatic heterocycles. The van der Waals surface area contributed by atoms with Gasteiger partial charge >= 0.3 is 0 Å². The Morgan fingerprint density at radius 3 is 0.694 bits per heavy atom. The van der Waals surface area contributed by atoms with Gasteiger partial charge in [0.25, 0.3) is 0 Å². The predicted octanol–water partition coefficient (Wildman–Crippen LogP) is -13.2. The van der Waals surface area contributed by atoms with Crippen LogP contribution < -0.4 is 31.9 Å². The molecule has 0 aromatic carbocycles. The zero-order valence-corrected chi connectivity index (χ0v) is 46.8. The number of amides is 6. The van der Waals surface area contributed by atoms with E-state index in [9.17, 15) is 100 Å². The molecule has 0 saturated carbocycles. The summed E-state index contributed by atoms with van der Waals surface area (Å²) in [6.07, 6.45) is -43.4. The third-order valence-electron chi connectivity index (χ3n) is 14.8. The number of aliphatic hydroxyl groups is 14. The zero-order valence-electron chi connectivity index (χ0n) is 46.8. The Morgan fingerprint density at radius 2 is 0.471 bits per heavy atom. The summed E-state index contributed by atoms with van der Waals surface area (Å²) in [7, 11) is 0. The van der Waals surface area contributed by atoms with Crippen molar-refractivity contribution in [2.24, 2.45) is 0 Å². The number of carbonyl (C=O) groups excluding carboxylic acids is 6. The molecule has 0 bridgehead atoms. The van der Waals surface area contributed by atoms with Gasteiger partial charge in [-0.1, -0.05) is 0 Å². The van der Waals surface area contributed by atoms with Crippen molar-refractivity contribution in [3.8, 4) is 0 Å². The Labute approximate surface area is 483 Å². The Hall–Kier alpha value is -4.18. The molecular formula is C48H80N6O31. The van der Waals surface area contributed by atoms with Crippen LogP contribution in [-0.4, -0.2) is 330 Å². The predicted molar refractivity (Wildman–Crippen MR) is 269 cm³/mol. The lowest BCUT2D eigenvalue weighted by molar-refractivity contribution is -0.370. The minimum absolute atomic E-state index is 0.705. The van der Waals surface area contributed by atoms with Gasteiger partial charge in [-0.2, -0.15) is 0 Å². The Balaban J connectivity index is 1.23. The maximum absolute atomic E-state index is 12.8. The second kappa shape index (κ2) is 30.8. The molecule has 6 heterocycles. The molecule has 6 rings (SSSR count). The van der Waals surface area contributed by atoms with Crippen molar-refractivity contribution in [2.45, 2.75) is 225 Å². The maximum Gasteiger partial charge on any atom is 0.217 e. The highest BCUT2D eigenvalue weighted by atomic mass is 16.8. The fraction of sp³-hybridized carbons (Fsp3) is 0.875. The fourth-order valence-electron chi connectivity index (χ4n) is 11.0. The van der Waals surface area contributed by atoms with Gasteiger partial charge < -0.3 is 155 Å². The lowest BCUT2D eigenvalue weighted by Gasteiger charge is -2.51. The molecule has 85 heavy (non-hydrogen) atoms. The van der Waals surface area contributed by atoms with E-state index in [1.807, 2.05) is 0 Å². The number of rotatable bonds is 22. The maximum atomic E-state index is 12.8. The van der Waals surface area contributed by atoms with E-state index in [0.717, 1.165) is 41.5 Å². The second-order valence-corrected chi connectivity index (χ2v) is 21.2. The van der Waals surface area contributed by atoms with E-state index in [4.69, 9.17) is 52.1 Å². The molecule has 0 aliphatic carbocycles. The number of nitrogens with one attached hydrogen (secondary N) is 6. The zero-order chi connectivity index (χ0) is 63.0. The Bertz CT molecular complexity index is 2230. The highest BCUT2D eigenvalue weighted by molar-refractivity contribution is 5.75. The molecule has 0 spiro atoms. The lowest BCUT2D eigenvalue weighted by Crippen LogP contribution is -2.72. The molecule has 30 unspecified atom stereocenters. The van der Waals surface area contributed by atoms with Gasteiger partial charge in [0.2, 0.25) is 35.4 Å². The van der Waals surface area contributed by atoms with E-state index in [1.165, 1.54) is 0 Å². The van der Waals surface area contributed by atoms with Crippen LogP contribution in [-0.2, 0) is 80.9 Å². The van der Waals surface area contributed by atoms with E-state index in [-0.39, 0.29) is 0 Å². The smallest absolute Gasteiger partial charge is 0.217 e. The van der Waals surface area contributed by atoms with E-state index < -0.39 is 259 Å². The molecule has 30 atom stereocenters. The summed E-state index contributed by atoms with van der Waals surface area (Å²) in [6, 6.07) is -10.0. The van der Waals surface area contributed by atoms with Crippen LogP contribution in [0.1, 0.15) is 41.5 Å². The summed E-state index contributed by atoms with van der Waals surface area (Å²) in [6.45, 7) is 0.406. The Kier molecular flexibility index (Phi) is 25.4. The largest absolute Gasteiger partial charge is 0.394 e. The van der Waals surface area contributed by atoms with Gasteiger partial charge in [-0.05, 0) is 0 Å². The van der Waals surface area contributed by atoms with Gasteiger partial charge in [0.15, 0.2) is 37.7 Å². The summed E-state index contributed by atoms with van der Waals surface area (Å²) in [4.78, 5) is 74.9. The molecule has 0 radical (unpaired) electrons. The van der Waals surface area contributed by atoms with Crippen molar-refractivity contribution in [1.29, 1.82) is 0 Å². The van der Waals surface area contributed by atoms with Gasteiger partial charge in [0.1, 0.15) is 146 Å². The van der Waals surface area contributed by atoms with Crippen molar-refractivity contribution < 1.29 is 152 Å². The third-order valence-corrected chi connectivity index (χ3v) is 14.8. The van der Waals surface area contributed by atoms with Crippen LogP contribution in [0.25, 0.3) is 0 Å². The monoisotopic (exact) mass is 1240 g/mol. The molecule has 0 aromatic heterocycles. The summed E-state index contributed by atoms with van der Waals surface area (Å²) in [5.74, 6) is -4.75. The molecule has 6 aliphatic rings. The first-order valence-corrected chi connectivity index (χ1v) is 27.1. The van der Waals surface area contributed by atoms with E-state index in [1.54, 1.807) is 0 Å². The number of hydrogen-bond acceptors (Lipinski definition) is 31. The minimum Gasteiger partial charge on any atom is -0.394 e. The van der Waals surface area contributed by atoms with E-state index in [0.29, 0.717) is 0 Å². The summed E-state index contributed by atoms with van der Waals surface area (Å²) >= 11 is 0. The molecule has 37 nitrogen and oxygen atoms in total. The molecular weight excluding hydrogens is 1160 g/mol. The number of aliphatic hydroxyl groups excluding tert-OH is 14. The van der Waals surface area contributed by atoms with Crippen molar-refractivity contribution in [3.63, 3.8) is 0 Å². The van der Waals surface area contributed by atoms with Crippen LogP contribution in [0, 0.1) is 0 Å². The van der Waals surface area contributed by atoms with Crippen LogP contribution in [0.2, 0.25) is 0 Å². The molecule has 37 heteroatoms. The summed E-state index contributed by atoms with van der Waals surface area (Å²) in [5, 5.41) is 168. The first kappa shape index (κ1) is 69.9. The summed E-state index contributed by atoms with van der Waals surface area (Å²) < 4.78 is 65.4. The van der Waals surface area contributed by atoms with Crippen molar-refractivity contribution >= 4 is 35.4 Å². The Morgan fingerprint density at radius 1 is 0.282 bits per heavy atom. The quantitative estimate of drug-likeness (QED) is 0.0479. The third kappa shape index (κ3) is 16.4. The van der Waals surface area contributed by atoms with Gasteiger partial charge in [-0.15, -0.1) is 0 Å². The highest BCUT2D eigenvalue weighted by Crippen LogP contribution is 2.37. The number of carbonyl (C=O) groups is 6. The lowest BCUT2D eigenvalue weighted by atomic mass is 9.92.